The van der Waals surface area contributed by atoms with Crippen molar-refractivity contribution < 1.29 is 23.6 Å². The fraction of sp³-hybridized carbons (Fsp3) is 0.214. The Hall–Kier alpha value is -2.83. The van der Waals surface area contributed by atoms with Gasteiger partial charge in [0.15, 0.2) is 0 Å². The van der Waals surface area contributed by atoms with Gasteiger partial charge in [-0.1, -0.05) is 18.2 Å². The number of carbonyl (C=O) groups excluding carboxylic acids is 1. The highest BCUT2D eigenvalue weighted by Crippen LogP contribution is 2.20. The smallest absolute Gasteiger partial charge is 0.433 e. The molecule has 0 saturated carbocycles. The van der Waals surface area contributed by atoms with Crippen molar-refractivity contribution in [3.8, 4) is 5.75 Å². The molecule has 7 heteroatoms. The molecule has 0 aliphatic rings. The van der Waals surface area contributed by atoms with Gasteiger partial charge in [-0.3, -0.25) is 10.1 Å². The first kappa shape index (κ1) is 14.6. The monoisotopic (exact) mass is 291 g/mol. The topological polar surface area (TPSA) is 91.8 Å². The minimum Gasteiger partial charge on any atom is -0.493 e. The van der Waals surface area contributed by atoms with Gasteiger partial charge in [-0.25, -0.2) is 4.79 Å². The van der Waals surface area contributed by atoms with E-state index in [1.54, 1.807) is 18.2 Å². The van der Waals surface area contributed by atoms with E-state index in [1.165, 1.54) is 6.07 Å². The zero-order valence-corrected chi connectivity index (χ0v) is 11.3. The van der Waals surface area contributed by atoms with Gasteiger partial charge in [-0.2, -0.15) is 0 Å². The molecule has 0 aliphatic carbocycles. The van der Waals surface area contributed by atoms with Crippen LogP contribution in [0.2, 0.25) is 0 Å². The molecule has 0 atom stereocenters. The van der Waals surface area contributed by atoms with Gasteiger partial charge in [0.2, 0.25) is 5.76 Å². The summed E-state index contributed by atoms with van der Waals surface area (Å²) in [6, 6.07) is 9.45. The largest absolute Gasteiger partial charge is 0.493 e. The van der Waals surface area contributed by atoms with Crippen LogP contribution >= 0.6 is 0 Å². The Morgan fingerprint density at radius 1 is 1.29 bits per heavy atom. The fourth-order valence-corrected chi connectivity index (χ4v) is 1.67. The zero-order chi connectivity index (χ0) is 15.2. The predicted molar refractivity (Wildman–Crippen MR) is 72.1 cm³/mol. The summed E-state index contributed by atoms with van der Waals surface area (Å²) in [4.78, 5) is 21.5. The summed E-state index contributed by atoms with van der Waals surface area (Å²) in [7, 11) is 0. The van der Waals surface area contributed by atoms with Crippen molar-refractivity contribution in [2.75, 3.05) is 6.61 Å². The molecule has 7 nitrogen and oxygen atoms in total. The van der Waals surface area contributed by atoms with Gasteiger partial charge in [0, 0.05) is 5.56 Å². The standard InChI is InChI=1S/C14H13NO6/c1-2-19-11-6-4-3-5-10(11)9-20-14(16)12-7-8-13(21-12)15(17)18/h3-8H,2,9H2,1H3. The molecule has 21 heavy (non-hydrogen) atoms. The lowest BCUT2D eigenvalue weighted by atomic mass is 10.2. The molecule has 2 aromatic rings. The highest BCUT2D eigenvalue weighted by Gasteiger charge is 2.18. The average Bonchev–Trinajstić information content (AvgIpc) is 2.96. The van der Waals surface area contributed by atoms with Gasteiger partial charge in [0.25, 0.3) is 0 Å². The Morgan fingerprint density at radius 2 is 2.05 bits per heavy atom. The first-order valence-electron chi connectivity index (χ1n) is 6.24. The highest BCUT2D eigenvalue weighted by atomic mass is 16.7. The normalized spacial score (nSPS) is 10.1. The van der Waals surface area contributed by atoms with E-state index in [0.29, 0.717) is 17.9 Å². The molecule has 0 aliphatic heterocycles. The number of ether oxygens (including phenoxy) is 2. The summed E-state index contributed by atoms with van der Waals surface area (Å²) in [6.07, 6.45) is 0. The van der Waals surface area contributed by atoms with Crippen LogP contribution < -0.4 is 4.74 Å². The molecule has 0 unspecified atom stereocenters. The van der Waals surface area contributed by atoms with Crippen molar-refractivity contribution in [3.63, 3.8) is 0 Å². The highest BCUT2D eigenvalue weighted by molar-refractivity contribution is 5.86. The van der Waals surface area contributed by atoms with Crippen LogP contribution in [0.25, 0.3) is 0 Å². The molecule has 0 saturated heterocycles. The van der Waals surface area contributed by atoms with E-state index in [-0.39, 0.29) is 12.4 Å². The Kier molecular flexibility index (Phi) is 4.55. The number of nitrogens with zero attached hydrogens (tertiary/aromatic N) is 1. The number of esters is 1. The molecule has 1 aromatic heterocycles. The lowest BCUT2D eigenvalue weighted by molar-refractivity contribution is -0.402. The fourth-order valence-electron chi connectivity index (χ4n) is 1.67. The molecule has 1 heterocycles. The minimum atomic E-state index is -0.769. The van der Waals surface area contributed by atoms with Gasteiger partial charge in [0.1, 0.15) is 17.3 Å². The molecule has 0 bridgehead atoms. The summed E-state index contributed by atoms with van der Waals surface area (Å²) in [5.74, 6) is -0.861. The summed E-state index contributed by atoms with van der Waals surface area (Å²) in [5, 5.41) is 10.5. The number of furan rings is 1. The molecule has 1 aromatic carbocycles. The zero-order valence-electron chi connectivity index (χ0n) is 11.3. The van der Waals surface area contributed by atoms with E-state index < -0.39 is 16.8 Å². The van der Waals surface area contributed by atoms with Crippen LogP contribution in [0, 0.1) is 10.1 Å². The maximum absolute atomic E-state index is 11.7. The third kappa shape index (κ3) is 3.59. The molecule has 0 amide bonds. The summed E-state index contributed by atoms with van der Waals surface area (Å²) in [5.41, 5.74) is 0.703. The maximum Gasteiger partial charge on any atom is 0.433 e. The second kappa shape index (κ2) is 6.56. The second-order valence-corrected chi connectivity index (χ2v) is 4.01. The molecular weight excluding hydrogens is 278 g/mol. The number of para-hydroxylation sites is 1. The molecular formula is C14H13NO6. The maximum atomic E-state index is 11.7. The Labute approximate surface area is 120 Å². The van der Waals surface area contributed by atoms with Crippen molar-refractivity contribution in [1.29, 1.82) is 0 Å². The van der Waals surface area contributed by atoms with Crippen LogP contribution in [0.4, 0.5) is 5.88 Å². The van der Waals surface area contributed by atoms with Crippen LogP contribution in [0.3, 0.4) is 0 Å². The number of rotatable bonds is 6. The van der Waals surface area contributed by atoms with Crippen molar-refractivity contribution in [3.05, 3.63) is 57.8 Å². The first-order valence-corrected chi connectivity index (χ1v) is 6.24. The van der Waals surface area contributed by atoms with E-state index in [1.807, 2.05) is 13.0 Å². The molecule has 110 valence electrons. The predicted octanol–water partition coefficient (Wildman–Crippen LogP) is 2.94. The van der Waals surface area contributed by atoms with Crippen LogP contribution in [-0.2, 0) is 11.3 Å². The summed E-state index contributed by atoms with van der Waals surface area (Å²) < 4.78 is 15.2. The number of hydrogen-bond acceptors (Lipinski definition) is 6. The molecule has 0 N–H and O–H groups in total. The van der Waals surface area contributed by atoms with Crippen LogP contribution in [0.15, 0.2) is 40.8 Å². The van der Waals surface area contributed by atoms with Gasteiger partial charge in [-0.15, -0.1) is 0 Å². The molecule has 0 radical (unpaired) electrons. The van der Waals surface area contributed by atoms with Crippen molar-refractivity contribution in [2.24, 2.45) is 0 Å². The summed E-state index contributed by atoms with van der Waals surface area (Å²) in [6.45, 7) is 2.34. The van der Waals surface area contributed by atoms with Crippen molar-refractivity contribution in [1.82, 2.24) is 0 Å². The number of nitro groups is 1. The van der Waals surface area contributed by atoms with Crippen molar-refractivity contribution in [2.45, 2.75) is 13.5 Å². The third-order valence-corrected chi connectivity index (χ3v) is 2.60. The molecule has 2 rings (SSSR count). The van der Waals surface area contributed by atoms with E-state index in [0.717, 1.165) is 6.07 Å². The van der Waals surface area contributed by atoms with E-state index in [9.17, 15) is 14.9 Å². The van der Waals surface area contributed by atoms with Gasteiger partial charge in [0.05, 0.1) is 12.7 Å². The number of carbonyl (C=O) groups is 1. The van der Waals surface area contributed by atoms with Gasteiger partial charge >= 0.3 is 11.9 Å². The Morgan fingerprint density at radius 3 is 2.71 bits per heavy atom. The van der Waals surface area contributed by atoms with E-state index in [2.05, 4.69) is 0 Å². The van der Waals surface area contributed by atoms with Crippen LogP contribution in [0.5, 0.6) is 5.75 Å². The Bertz CT molecular complexity index is 648. The number of hydrogen-bond donors (Lipinski definition) is 0. The lowest BCUT2D eigenvalue weighted by Crippen LogP contribution is -2.05. The lowest BCUT2D eigenvalue weighted by Gasteiger charge is -2.09. The van der Waals surface area contributed by atoms with Gasteiger partial charge in [-0.05, 0) is 19.1 Å². The van der Waals surface area contributed by atoms with Crippen molar-refractivity contribution >= 4 is 11.9 Å². The molecule has 0 spiro atoms. The second-order valence-electron chi connectivity index (χ2n) is 4.01. The van der Waals surface area contributed by atoms with Crippen LogP contribution in [-0.4, -0.2) is 17.5 Å². The molecule has 0 fully saturated rings. The third-order valence-electron chi connectivity index (χ3n) is 2.60. The quantitative estimate of drug-likeness (QED) is 0.461. The van der Waals surface area contributed by atoms with E-state index >= 15 is 0 Å². The first-order chi connectivity index (χ1) is 10.1. The Balaban J connectivity index is 2.02. The van der Waals surface area contributed by atoms with Crippen LogP contribution in [0.1, 0.15) is 23.0 Å². The van der Waals surface area contributed by atoms with E-state index in [4.69, 9.17) is 13.9 Å². The van der Waals surface area contributed by atoms with Gasteiger partial charge < -0.3 is 13.9 Å². The number of benzene rings is 1. The summed E-state index contributed by atoms with van der Waals surface area (Å²) >= 11 is 0. The SMILES string of the molecule is CCOc1ccccc1COC(=O)c1ccc([N+](=O)[O-])o1. The average molecular weight is 291 g/mol. The minimum absolute atomic E-state index is 0.0104.